The van der Waals surface area contributed by atoms with Crippen molar-refractivity contribution in [1.82, 2.24) is 9.59 Å². The van der Waals surface area contributed by atoms with Crippen molar-refractivity contribution in [1.29, 1.82) is 0 Å². The van der Waals surface area contributed by atoms with Crippen molar-refractivity contribution in [2.45, 2.75) is 13.5 Å². The van der Waals surface area contributed by atoms with E-state index in [1.54, 1.807) is 19.1 Å². The van der Waals surface area contributed by atoms with Crippen LogP contribution in [0.1, 0.15) is 11.3 Å². The van der Waals surface area contributed by atoms with Crippen LogP contribution in [0.25, 0.3) is 0 Å². The van der Waals surface area contributed by atoms with Crippen LogP contribution in [0, 0.1) is 17.0 Å². The average molecular weight is 266 g/mol. The summed E-state index contributed by atoms with van der Waals surface area (Å²) >= 11 is 1.06. The Morgan fingerprint density at radius 1 is 1.56 bits per heavy atom. The quantitative estimate of drug-likeness (QED) is 0.669. The van der Waals surface area contributed by atoms with Gasteiger partial charge in [0.15, 0.2) is 5.75 Å². The lowest BCUT2D eigenvalue weighted by Crippen LogP contribution is -2.01. The van der Waals surface area contributed by atoms with Gasteiger partial charge in [-0.05, 0) is 18.6 Å². The fourth-order valence-corrected chi connectivity index (χ4v) is 1.79. The van der Waals surface area contributed by atoms with E-state index < -0.39 is 4.92 Å². The van der Waals surface area contributed by atoms with Crippen LogP contribution in [0.3, 0.4) is 0 Å². The number of nitrogen functional groups attached to an aromatic ring is 1. The highest BCUT2D eigenvalue weighted by Gasteiger charge is 2.16. The maximum absolute atomic E-state index is 10.9. The zero-order valence-corrected chi connectivity index (χ0v) is 10.3. The van der Waals surface area contributed by atoms with Crippen LogP contribution < -0.4 is 10.5 Å². The van der Waals surface area contributed by atoms with Gasteiger partial charge in [-0.3, -0.25) is 10.1 Å². The van der Waals surface area contributed by atoms with Gasteiger partial charge in [0.05, 0.1) is 4.92 Å². The maximum Gasteiger partial charge on any atom is 0.311 e. The van der Waals surface area contributed by atoms with Crippen LogP contribution in [0.4, 0.5) is 10.7 Å². The van der Waals surface area contributed by atoms with Crippen molar-refractivity contribution >= 4 is 22.2 Å². The zero-order valence-electron chi connectivity index (χ0n) is 9.49. The molecule has 1 aromatic heterocycles. The SMILES string of the molecule is Cc1ccc(OCc2nnsc2N)c([N+](=O)[O-])c1. The van der Waals surface area contributed by atoms with Gasteiger partial charge in [-0.2, -0.15) is 0 Å². The molecule has 0 bridgehead atoms. The Balaban J connectivity index is 2.19. The van der Waals surface area contributed by atoms with Crippen LogP contribution in [0.5, 0.6) is 5.75 Å². The molecule has 2 N–H and O–H groups in total. The third-order valence-electron chi connectivity index (χ3n) is 2.26. The van der Waals surface area contributed by atoms with Gasteiger partial charge in [0.2, 0.25) is 0 Å². The largest absolute Gasteiger partial charge is 0.480 e. The van der Waals surface area contributed by atoms with Crippen molar-refractivity contribution in [2.75, 3.05) is 5.73 Å². The molecule has 2 aromatic rings. The van der Waals surface area contributed by atoms with Gasteiger partial charge in [-0.15, -0.1) is 5.10 Å². The molecule has 7 nitrogen and oxygen atoms in total. The first-order valence-corrected chi connectivity index (χ1v) is 5.80. The number of hydrogen-bond acceptors (Lipinski definition) is 7. The van der Waals surface area contributed by atoms with E-state index in [0.717, 1.165) is 17.1 Å². The number of aryl methyl sites for hydroxylation is 1. The number of nitro groups is 1. The highest BCUT2D eigenvalue weighted by Crippen LogP contribution is 2.28. The lowest BCUT2D eigenvalue weighted by atomic mass is 10.2. The molecule has 0 fully saturated rings. The molecule has 0 aliphatic carbocycles. The predicted octanol–water partition coefficient (Wildman–Crippen LogP) is 1.92. The number of hydrogen-bond donors (Lipinski definition) is 1. The van der Waals surface area contributed by atoms with Crippen LogP contribution in [0.2, 0.25) is 0 Å². The number of nitro benzene ring substituents is 1. The molecule has 0 amide bonds. The number of rotatable bonds is 4. The lowest BCUT2D eigenvalue weighted by Gasteiger charge is -2.05. The van der Waals surface area contributed by atoms with Crippen molar-refractivity contribution in [3.63, 3.8) is 0 Å². The normalized spacial score (nSPS) is 10.3. The summed E-state index contributed by atoms with van der Waals surface area (Å²) in [5, 5.41) is 15.1. The summed E-state index contributed by atoms with van der Waals surface area (Å²) in [5.41, 5.74) is 6.81. The van der Waals surface area contributed by atoms with Gasteiger partial charge in [-0.25, -0.2) is 0 Å². The monoisotopic (exact) mass is 266 g/mol. The molecule has 2 rings (SSSR count). The van der Waals surface area contributed by atoms with Gasteiger partial charge in [0.1, 0.15) is 17.3 Å². The Bertz CT molecular complexity index is 584. The van der Waals surface area contributed by atoms with E-state index in [2.05, 4.69) is 9.59 Å². The smallest absolute Gasteiger partial charge is 0.311 e. The Kier molecular flexibility index (Phi) is 3.38. The highest BCUT2D eigenvalue weighted by atomic mass is 32.1. The number of nitrogens with zero attached hydrogens (tertiary/aromatic N) is 3. The number of nitrogens with two attached hydrogens (primary N) is 1. The second-order valence-corrected chi connectivity index (χ2v) is 4.39. The highest BCUT2D eigenvalue weighted by molar-refractivity contribution is 7.09. The van der Waals surface area contributed by atoms with Crippen molar-refractivity contribution in [2.24, 2.45) is 0 Å². The van der Waals surface area contributed by atoms with Gasteiger partial charge < -0.3 is 10.5 Å². The second-order valence-electron chi connectivity index (χ2n) is 3.60. The molecular weight excluding hydrogens is 256 g/mol. The summed E-state index contributed by atoms with van der Waals surface area (Å²) in [6.45, 7) is 1.84. The van der Waals surface area contributed by atoms with Gasteiger partial charge in [0, 0.05) is 17.6 Å². The van der Waals surface area contributed by atoms with E-state index in [0.29, 0.717) is 10.7 Å². The summed E-state index contributed by atoms with van der Waals surface area (Å²) < 4.78 is 9.02. The van der Waals surface area contributed by atoms with E-state index in [1.807, 2.05) is 0 Å². The third-order valence-corrected chi connectivity index (χ3v) is 2.86. The fourth-order valence-electron chi connectivity index (χ4n) is 1.35. The minimum atomic E-state index is -0.481. The lowest BCUT2D eigenvalue weighted by molar-refractivity contribution is -0.386. The molecule has 18 heavy (non-hydrogen) atoms. The Morgan fingerprint density at radius 2 is 2.33 bits per heavy atom. The molecule has 94 valence electrons. The molecule has 0 unspecified atom stereocenters. The number of benzene rings is 1. The van der Waals surface area contributed by atoms with Gasteiger partial charge >= 0.3 is 5.69 Å². The molecule has 0 aliphatic rings. The summed E-state index contributed by atoms with van der Waals surface area (Å²) in [4.78, 5) is 10.4. The first kappa shape index (κ1) is 12.2. The molecule has 1 heterocycles. The van der Waals surface area contributed by atoms with Crippen LogP contribution >= 0.6 is 11.5 Å². The van der Waals surface area contributed by atoms with Crippen molar-refractivity contribution in [3.05, 3.63) is 39.6 Å². The number of anilines is 1. The van der Waals surface area contributed by atoms with E-state index in [9.17, 15) is 10.1 Å². The van der Waals surface area contributed by atoms with E-state index in [4.69, 9.17) is 10.5 Å². The predicted molar refractivity (Wildman–Crippen MR) is 66.5 cm³/mol. The third kappa shape index (κ3) is 2.54. The number of aromatic nitrogens is 2. The Labute approximate surface area is 107 Å². The Morgan fingerprint density at radius 3 is 2.94 bits per heavy atom. The fraction of sp³-hybridized carbons (Fsp3) is 0.200. The molecule has 0 aliphatic heterocycles. The van der Waals surface area contributed by atoms with E-state index >= 15 is 0 Å². The summed E-state index contributed by atoms with van der Waals surface area (Å²) in [5.74, 6) is 0.193. The van der Waals surface area contributed by atoms with Crippen molar-refractivity contribution in [3.8, 4) is 5.75 Å². The molecule has 0 radical (unpaired) electrons. The van der Waals surface area contributed by atoms with Gasteiger partial charge in [0.25, 0.3) is 0 Å². The number of ether oxygens (including phenoxy) is 1. The first-order chi connectivity index (χ1) is 8.58. The average Bonchev–Trinajstić information content (AvgIpc) is 2.73. The summed E-state index contributed by atoms with van der Waals surface area (Å²) in [6, 6.07) is 4.76. The Hall–Kier alpha value is -2.22. The summed E-state index contributed by atoms with van der Waals surface area (Å²) in [6.07, 6.45) is 0. The molecular formula is C10H10N4O3S. The first-order valence-electron chi connectivity index (χ1n) is 5.02. The molecule has 8 heteroatoms. The van der Waals surface area contributed by atoms with E-state index in [-0.39, 0.29) is 18.0 Å². The molecule has 0 saturated carbocycles. The molecule has 0 spiro atoms. The van der Waals surface area contributed by atoms with Crippen LogP contribution in [0.15, 0.2) is 18.2 Å². The van der Waals surface area contributed by atoms with Crippen molar-refractivity contribution < 1.29 is 9.66 Å². The molecule has 0 atom stereocenters. The van der Waals surface area contributed by atoms with Crippen LogP contribution in [-0.2, 0) is 6.61 Å². The van der Waals surface area contributed by atoms with E-state index in [1.165, 1.54) is 6.07 Å². The maximum atomic E-state index is 10.9. The minimum Gasteiger partial charge on any atom is -0.480 e. The summed E-state index contributed by atoms with van der Waals surface area (Å²) in [7, 11) is 0. The zero-order chi connectivity index (χ0) is 13.1. The molecule has 1 aromatic carbocycles. The van der Waals surface area contributed by atoms with Crippen LogP contribution in [-0.4, -0.2) is 14.5 Å². The minimum absolute atomic E-state index is 0.0617. The standard InChI is InChI=1S/C10H10N4O3S/c1-6-2-3-9(8(4-6)14(15)16)17-5-7-10(11)18-13-12-7/h2-4H,5,11H2,1H3. The second kappa shape index (κ2) is 4.96. The van der Waals surface area contributed by atoms with Gasteiger partial charge in [-0.1, -0.05) is 10.6 Å². The molecule has 0 saturated heterocycles. The topological polar surface area (TPSA) is 104 Å².